The van der Waals surface area contributed by atoms with Gasteiger partial charge < -0.3 is 0 Å². The SMILES string of the molecule is CCC[CH2][Sn]([Br])([CH2]CCC)[O][Sn]([CH2]CCC)([CH2]CCC)[O]c1ccccc1. The number of para-hydroxylation sites is 1. The molecule has 0 aliphatic carbocycles. The molecule has 0 aliphatic heterocycles. The Labute approximate surface area is 184 Å². The molecule has 27 heavy (non-hydrogen) atoms. The molecular formula is C22H41BrO2Sn2. The molecular weight excluding hydrogens is 614 g/mol. The van der Waals surface area contributed by atoms with Crippen LogP contribution in [0.2, 0.25) is 17.7 Å². The molecule has 1 rings (SSSR count). The van der Waals surface area contributed by atoms with Crippen molar-refractivity contribution in [1.82, 2.24) is 0 Å². The Morgan fingerprint density at radius 3 is 1.59 bits per heavy atom. The van der Waals surface area contributed by atoms with E-state index in [1.54, 1.807) is 0 Å². The second-order valence-corrected chi connectivity index (χ2v) is 38.4. The van der Waals surface area contributed by atoms with Crippen LogP contribution in [0.1, 0.15) is 79.1 Å². The third kappa shape index (κ3) is 10.6. The monoisotopic (exact) mass is 656 g/mol. The second kappa shape index (κ2) is 14.9. The zero-order chi connectivity index (χ0) is 20.0. The molecule has 0 saturated heterocycles. The zero-order valence-electron chi connectivity index (χ0n) is 18.1. The van der Waals surface area contributed by atoms with Gasteiger partial charge in [0.15, 0.2) is 0 Å². The van der Waals surface area contributed by atoms with Gasteiger partial charge in [0.1, 0.15) is 0 Å². The molecule has 2 nitrogen and oxygen atoms in total. The molecule has 0 aliphatic rings. The van der Waals surface area contributed by atoms with Crippen molar-refractivity contribution in [3.63, 3.8) is 0 Å². The fourth-order valence-corrected chi connectivity index (χ4v) is 58.7. The normalized spacial score (nSPS) is 12.3. The molecule has 0 bridgehead atoms. The van der Waals surface area contributed by atoms with Crippen LogP contribution in [0.5, 0.6) is 5.75 Å². The molecule has 0 heterocycles. The van der Waals surface area contributed by atoms with Gasteiger partial charge in [-0.05, 0) is 0 Å². The maximum atomic E-state index is 7.35. The van der Waals surface area contributed by atoms with Crippen LogP contribution in [-0.2, 0) is 1.41 Å². The Bertz CT molecular complexity index is 468. The average Bonchev–Trinajstić information content (AvgIpc) is 2.68. The van der Waals surface area contributed by atoms with Crippen molar-refractivity contribution < 1.29 is 4.49 Å². The van der Waals surface area contributed by atoms with E-state index in [0.717, 1.165) is 5.75 Å². The molecule has 0 atom stereocenters. The van der Waals surface area contributed by atoms with Gasteiger partial charge in [0.2, 0.25) is 0 Å². The van der Waals surface area contributed by atoms with E-state index in [1.165, 1.54) is 69.1 Å². The number of benzene rings is 1. The summed E-state index contributed by atoms with van der Waals surface area (Å²) in [5.41, 5.74) is 0. The van der Waals surface area contributed by atoms with Crippen LogP contribution in [0.4, 0.5) is 0 Å². The Balaban J connectivity index is 3.12. The van der Waals surface area contributed by atoms with Gasteiger partial charge in [-0.3, -0.25) is 0 Å². The Hall–Kier alpha value is 1.06. The van der Waals surface area contributed by atoms with Crippen LogP contribution >= 0.6 is 12.7 Å². The van der Waals surface area contributed by atoms with E-state index in [2.05, 4.69) is 70.7 Å². The molecule has 5 heteroatoms. The van der Waals surface area contributed by atoms with Gasteiger partial charge >= 0.3 is 186 Å². The molecule has 1 aromatic rings. The first-order valence-electron chi connectivity index (χ1n) is 11.2. The molecule has 0 fully saturated rings. The minimum absolute atomic E-state index is 1.03. The van der Waals surface area contributed by atoms with E-state index in [-0.39, 0.29) is 0 Å². The fraction of sp³-hybridized carbons (Fsp3) is 0.727. The van der Waals surface area contributed by atoms with E-state index in [9.17, 15) is 0 Å². The van der Waals surface area contributed by atoms with E-state index >= 15 is 0 Å². The molecule has 0 spiro atoms. The molecule has 1 aromatic carbocycles. The number of hydrogen-bond donors (Lipinski definition) is 0. The number of unbranched alkanes of at least 4 members (excludes halogenated alkanes) is 4. The van der Waals surface area contributed by atoms with Crippen molar-refractivity contribution in [2.75, 3.05) is 0 Å². The van der Waals surface area contributed by atoms with Gasteiger partial charge in [-0.15, -0.1) is 0 Å². The van der Waals surface area contributed by atoms with Crippen LogP contribution in [0.3, 0.4) is 0 Å². The van der Waals surface area contributed by atoms with Gasteiger partial charge in [0.25, 0.3) is 0 Å². The first-order valence-corrected chi connectivity index (χ1v) is 29.1. The number of halogens is 1. The molecule has 156 valence electrons. The van der Waals surface area contributed by atoms with Gasteiger partial charge in [-0.25, -0.2) is 0 Å². The van der Waals surface area contributed by atoms with Gasteiger partial charge in [-0.2, -0.15) is 0 Å². The van der Waals surface area contributed by atoms with Crippen molar-refractivity contribution in [3.8, 4) is 5.75 Å². The van der Waals surface area contributed by atoms with E-state index < -0.39 is 35.8 Å². The van der Waals surface area contributed by atoms with Crippen molar-refractivity contribution in [1.29, 1.82) is 0 Å². The van der Waals surface area contributed by atoms with Crippen LogP contribution in [0.15, 0.2) is 30.3 Å². The first kappa shape index (κ1) is 26.1. The summed E-state index contributed by atoms with van der Waals surface area (Å²) >= 11 is -1.68. The van der Waals surface area contributed by atoms with E-state index in [1.807, 2.05) is 0 Å². The summed E-state index contributed by atoms with van der Waals surface area (Å²) in [7, 11) is 0. The summed E-state index contributed by atoms with van der Waals surface area (Å²) < 4.78 is 19.2. The Kier molecular flexibility index (Phi) is 14.4. The summed E-state index contributed by atoms with van der Waals surface area (Å²) in [5.74, 6) is 1.03. The topological polar surface area (TPSA) is 18.5 Å². The molecule has 0 saturated carbocycles. The molecule has 0 unspecified atom stereocenters. The summed E-state index contributed by atoms with van der Waals surface area (Å²) in [4.78, 5) is 0. The first-order chi connectivity index (χ1) is 13.0. The summed E-state index contributed by atoms with van der Waals surface area (Å²) in [6.07, 6.45) is 10.0. The molecule has 0 aromatic heterocycles. The molecule has 0 N–H and O–H groups in total. The zero-order valence-corrected chi connectivity index (χ0v) is 25.4. The van der Waals surface area contributed by atoms with Crippen molar-refractivity contribution in [2.24, 2.45) is 0 Å². The minimum atomic E-state index is -3.19. The van der Waals surface area contributed by atoms with Gasteiger partial charge in [0, 0.05) is 0 Å². The number of rotatable bonds is 16. The second-order valence-electron chi connectivity index (χ2n) is 7.73. The van der Waals surface area contributed by atoms with E-state index in [0.29, 0.717) is 0 Å². The van der Waals surface area contributed by atoms with Crippen LogP contribution in [-0.4, -0.2) is 35.8 Å². The van der Waals surface area contributed by atoms with Crippen LogP contribution in [0, 0.1) is 0 Å². The maximum absolute atomic E-state index is 7.35. The third-order valence-electron chi connectivity index (χ3n) is 5.05. The molecule has 0 radical (unpaired) electrons. The standard InChI is InChI=1S/C6H6O.4C4H9.BrH.O.2Sn/c7-6-4-2-1-3-5-6;4*1-3-4-2;;;;/h1-5,7H;4*1,3-4H2,2H3;1H;;;/q;;;;;;;2*+1/p-2. The van der Waals surface area contributed by atoms with Crippen LogP contribution in [0.25, 0.3) is 0 Å². The average molecular weight is 655 g/mol. The van der Waals surface area contributed by atoms with Gasteiger partial charge in [0.05, 0.1) is 0 Å². The Morgan fingerprint density at radius 1 is 0.704 bits per heavy atom. The molecule has 0 amide bonds. The van der Waals surface area contributed by atoms with Crippen molar-refractivity contribution in [3.05, 3.63) is 30.3 Å². The predicted molar refractivity (Wildman–Crippen MR) is 127 cm³/mol. The summed E-state index contributed by atoms with van der Waals surface area (Å²) in [6.45, 7) is 9.17. The van der Waals surface area contributed by atoms with Crippen molar-refractivity contribution in [2.45, 2.75) is 96.8 Å². The third-order valence-corrected chi connectivity index (χ3v) is 48.3. The van der Waals surface area contributed by atoms with Gasteiger partial charge in [-0.1, -0.05) is 0 Å². The fourth-order valence-electron chi connectivity index (χ4n) is 3.39. The van der Waals surface area contributed by atoms with Crippen molar-refractivity contribution >= 4 is 48.5 Å². The summed E-state index contributed by atoms with van der Waals surface area (Å²) in [6, 6.07) is 10.5. The summed E-state index contributed by atoms with van der Waals surface area (Å²) in [5, 5.41) is 0. The predicted octanol–water partition coefficient (Wildman–Crippen LogP) is 8.56. The Morgan fingerprint density at radius 2 is 1.15 bits per heavy atom. The number of hydrogen-bond acceptors (Lipinski definition) is 2. The van der Waals surface area contributed by atoms with E-state index in [4.69, 9.17) is 4.49 Å². The van der Waals surface area contributed by atoms with Crippen LogP contribution < -0.4 is 3.07 Å². The quantitative estimate of drug-likeness (QED) is 0.166.